The van der Waals surface area contributed by atoms with E-state index >= 15 is 0 Å². The molecule has 2 aliphatic rings. The first-order valence-corrected chi connectivity index (χ1v) is 18.4. The first-order valence-electron chi connectivity index (χ1n) is 7.62. The van der Waals surface area contributed by atoms with Crippen LogP contribution in [0.25, 0.3) is 5.76 Å². The van der Waals surface area contributed by atoms with Crippen LogP contribution in [-0.2, 0) is 17.9 Å². The van der Waals surface area contributed by atoms with Gasteiger partial charge in [-0.2, -0.15) is 0 Å². The molecule has 0 unspecified atom stereocenters. The van der Waals surface area contributed by atoms with Crippen LogP contribution >= 0.6 is 22.9 Å². The number of amides is 1. The third kappa shape index (κ3) is 2.48. The normalized spacial score (nSPS) is 20.5. The minimum absolute atomic E-state index is 0.00213. The van der Waals surface area contributed by atoms with Gasteiger partial charge in [0, 0.05) is 0 Å². The number of hydrogen-bond donors (Lipinski definition) is 0. The predicted octanol–water partition coefficient (Wildman–Crippen LogP) is 2.86. The zero-order chi connectivity index (χ0) is 18.9. The van der Waals surface area contributed by atoms with Crippen molar-refractivity contribution in [2.45, 2.75) is 14.8 Å². The molecule has 0 bridgehead atoms. The van der Waals surface area contributed by atoms with E-state index in [1.165, 1.54) is 13.1 Å². The van der Waals surface area contributed by atoms with E-state index in [1.807, 2.05) is 9.88 Å². The van der Waals surface area contributed by atoms with Gasteiger partial charge in [-0.1, -0.05) is 0 Å². The maximum atomic E-state index is 13.4. The molecule has 0 aliphatic carbocycles. The van der Waals surface area contributed by atoms with Crippen molar-refractivity contribution in [2.75, 3.05) is 10.2 Å². The minimum atomic E-state index is -3.87. The van der Waals surface area contributed by atoms with E-state index in [1.54, 1.807) is 27.5 Å². The fourth-order valence-corrected chi connectivity index (χ4v) is 12.1. The number of fused-ring (bicyclic) bond motifs is 2. The summed E-state index contributed by atoms with van der Waals surface area (Å²) in [6.45, 7) is 0. The zero-order valence-electron chi connectivity index (χ0n) is 14.1. The van der Waals surface area contributed by atoms with E-state index < -0.39 is 35.0 Å². The Balaban J connectivity index is 1.98. The van der Waals surface area contributed by atoms with Gasteiger partial charge < -0.3 is 0 Å². The van der Waals surface area contributed by atoms with Crippen LogP contribution in [0.5, 0.6) is 0 Å². The molecular formula is C15H14ClN3O4S2Sn. The number of thiophene rings is 1. The van der Waals surface area contributed by atoms with Gasteiger partial charge >= 0.3 is 165 Å². The first kappa shape index (κ1) is 18.1. The molecule has 7 nitrogen and oxygen atoms in total. The molecule has 0 atom stereocenters. The van der Waals surface area contributed by atoms with Gasteiger partial charge in [-0.25, -0.2) is 0 Å². The predicted molar refractivity (Wildman–Crippen MR) is 101 cm³/mol. The van der Waals surface area contributed by atoms with Crippen LogP contribution in [-0.4, -0.2) is 49.7 Å². The Kier molecular flexibility index (Phi) is 4.07. The summed E-state index contributed by atoms with van der Waals surface area (Å²) in [7, 11) is -2.52. The number of sulfonamides is 1. The Morgan fingerprint density at radius 3 is 2.69 bits per heavy atom. The topological polar surface area (TPSA) is 79.8 Å². The number of nitrogens with zero attached hydrogens (tertiary/aromatic N) is 3. The van der Waals surface area contributed by atoms with Crippen LogP contribution in [0.15, 0.2) is 41.1 Å². The van der Waals surface area contributed by atoms with Crippen LogP contribution in [0.4, 0.5) is 5.82 Å². The molecule has 0 aromatic carbocycles. The van der Waals surface area contributed by atoms with Crippen molar-refractivity contribution in [1.82, 2.24) is 9.29 Å². The molecule has 136 valence electrons. The van der Waals surface area contributed by atoms with Crippen molar-refractivity contribution >= 4 is 69.5 Å². The van der Waals surface area contributed by atoms with Crippen molar-refractivity contribution < 1.29 is 16.3 Å². The molecule has 2 aromatic rings. The monoisotopic (exact) mass is 519 g/mol. The number of anilines is 1. The Morgan fingerprint density at radius 2 is 2.04 bits per heavy atom. The SMILES string of the molecule is CN1C2=C([O][Sn]([CH3])([CH3])[N](c3ccccn3)C2=O)c2sc(Cl)cc2S1(=O)=O. The number of hydrogen-bond acceptors (Lipinski definition) is 6. The van der Waals surface area contributed by atoms with Crippen LogP contribution in [0, 0.1) is 0 Å². The van der Waals surface area contributed by atoms with Crippen molar-refractivity contribution in [2.24, 2.45) is 0 Å². The van der Waals surface area contributed by atoms with Gasteiger partial charge in [0.25, 0.3) is 0 Å². The van der Waals surface area contributed by atoms with Crippen molar-refractivity contribution in [3.63, 3.8) is 0 Å². The van der Waals surface area contributed by atoms with Crippen molar-refractivity contribution in [3.8, 4) is 0 Å². The first-order chi connectivity index (χ1) is 12.1. The molecule has 0 spiro atoms. The molecule has 4 rings (SSSR count). The average Bonchev–Trinajstić information content (AvgIpc) is 2.96. The van der Waals surface area contributed by atoms with Gasteiger partial charge in [0.1, 0.15) is 0 Å². The molecule has 26 heavy (non-hydrogen) atoms. The summed E-state index contributed by atoms with van der Waals surface area (Å²) in [5.41, 5.74) is -0.00213. The average molecular weight is 519 g/mol. The number of rotatable bonds is 1. The summed E-state index contributed by atoms with van der Waals surface area (Å²) in [5.74, 6) is 0.366. The number of carbonyl (C=O) groups excluding carboxylic acids is 1. The molecule has 0 saturated carbocycles. The van der Waals surface area contributed by atoms with Gasteiger partial charge in [-0.15, -0.1) is 0 Å². The maximum absolute atomic E-state index is 13.4. The summed E-state index contributed by atoms with van der Waals surface area (Å²) < 4.78 is 34.9. The number of carbonyl (C=O) groups is 1. The van der Waals surface area contributed by atoms with E-state index in [0.717, 1.165) is 15.6 Å². The third-order valence-corrected chi connectivity index (χ3v) is 13.7. The summed E-state index contributed by atoms with van der Waals surface area (Å²) >= 11 is 3.53. The second-order valence-electron chi connectivity index (χ2n) is 6.27. The molecule has 0 N–H and O–H groups in total. The van der Waals surface area contributed by atoms with Gasteiger partial charge in [-0.3, -0.25) is 0 Å². The van der Waals surface area contributed by atoms with E-state index in [-0.39, 0.29) is 10.6 Å². The van der Waals surface area contributed by atoms with Crippen LogP contribution in [0.1, 0.15) is 4.88 Å². The second-order valence-corrected chi connectivity index (χ2v) is 20.0. The second kappa shape index (κ2) is 5.85. The van der Waals surface area contributed by atoms with Crippen molar-refractivity contribution in [3.05, 3.63) is 45.4 Å². The third-order valence-electron chi connectivity index (χ3n) is 4.22. The number of halogens is 1. The number of likely N-dealkylation sites (N-methyl/N-ethyl adjacent to an activating group) is 1. The van der Waals surface area contributed by atoms with Gasteiger partial charge in [-0.05, 0) is 0 Å². The summed E-state index contributed by atoms with van der Waals surface area (Å²) in [5, 5.41) is 0. The van der Waals surface area contributed by atoms with E-state index in [2.05, 4.69) is 4.98 Å². The number of pyridine rings is 1. The van der Waals surface area contributed by atoms with Gasteiger partial charge in [0.15, 0.2) is 0 Å². The standard InChI is InChI=1S/C13H10ClN3O4S2.2CH3.Sn/c1-17-10(13(19)16-9-4-2-3-5-15-9)11(18)12-7(23(17,20)21)6-8(14)22-12;;;/h2-6H,1H3,(H2,15,16,18,19);2*1H3;/q;;;+2/p-2. The fraction of sp³-hybridized carbons (Fsp3) is 0.200. The summed E-state index contributed by atoms with van der Waals surface area (Å²) in [6.07, 6.45) is 1.59. The Bertz CT molecular complexity index is 1070. The molecule has 11 heteroatoms. The molecule has 4 heterocycles. The molecular weight excluding hydrogens is 504 g/mol. The van der Waals surface area contributed by atoms with Crippen LogP contribution in [0.2, 0.25) is 14.2 Å². The fourth-order valence-electron chi connectivity index (χ4n) is 3.05. The molecule has 0 saturated heterocycles. The molecule has 2 aliphatic heterocycles. The van der Waals surface area contributed by atoms with E-state index in [0.29, 0.717) is 20.8 Å². The van der Waals surface area contributed by atoms with Gasteiger partial charge in [0.2, 0.25) is 0 Å². The molecule has 0 fully saturated rings. The molecule has 0 radical (unpaired) electrons. The Labute approximate surface area is 164 Å². The van der Waals surface area contributed by atoms with Gasteiger partial charge in [0.05, 0.1) is 0 Å². The quantitative estimate of drug-likeness (QED) is 0.543. The summed E-state index contributed by atoms with van der Waals surface area (Å²) in [4.78, 5) is 22.0. The van der Waals surface area contributed by atoms with E-state index in [9.17, 15) is 13.2 Å². The molecule has 1 amide bonds. The summed E-state index contributed by atoms with van der Waals surface area (Å²) in [6, 6.07) is 6.65. The number of aromatic nitrogens is 1. The Morgan fingerprint density at radius 1 is 1.31 bits per heavy atom. The Hall–Kier alpha value is -1.30. The van der Waals surface area contributed by atoms with E-state index in [4.69, 9.17) is 14.7 Å². The van der Waals surface area contributed by atoms with Crippen molar-refractivity contribution in [1.29, 1.82) is 0 Å². The zero-order valence-corrected chi connectivity index (χ0v) is 19.3. The van der Waals surface area contributed by atoms with Crippen LogP contribution < -0.4 is 3.12 Å². The molecule has 2 aromatic heterocycles. The van der Waals surface area contributed by atoms with Crippen LogP contribution in [0.3, 0.4) is 0 Å².